The third-order valence-corrected chi connectivity index (χ3v) is 2.63. The molecule has 2 saturated heterocycles. The van der Waals surface area contributed by atoms with Gasteiger partial charge < -0.3 is 9.47 Å². The second kappa shape index (κ2) is 2.84. The highest BCUT2D eigenvalue weighted by Gasteiger charge is 2.62. The first-order valence-corrected chi connectivity index (χ1v) is 4.24. The zero-order chi connectivity index (χ0) is 10.4. The molecule has 78 valence electrons. The van der Waals surface area contributed by atoms with Crippen LogP contribution >= 0.6 is 0 Å². The minimum absolute atomic E-state index is 0.00234. The first-order chi connectivity index (χ1) is 6.48. The van der Waals surface area contributed by atoms with Gasteiger partial charge in [-0.25, -0.2) is 0 Å². The van der Waals surface area contributed by atoms with E-state index in [0.29, 0.717) is 6.42 Å². The molecule has 0 N–H and O–H groups in total. The summed E-state index contributed by atoms with van der Waals surface area (Å²) in [6.45, 7) is 0.00234. The predicted octanol–water partition coefficient (Wildman–Crippen LogP) is 1.39. The lowest BCUT2D eigenvalue weighted by atomic mass is 9.92. The molecule has 3 nitrogen and oxygen atoms in total. The molecule has 0 aromatic carbocycles. The molecule has 0 aromatic rings. The van der Waals surface area contributed by atoms with Gasteiger partial charge in [0, 0.05) is 12.8 Å². The zero-order valence-corrected chi connectivity index (χ0v) is 7.17. The van der Waals surface area contributed by atoms with Gasteiger partial charge in [-0.15, -0.1) is 0 Å². The van der Waals surface area contributed by atoms with Crippen LogP contribution in [0, 0.1) is 11.3 Å². The van der Waals surface area contributed by atoms with Gasteiger partial charge in [0.2, 0.25) is 0 Å². The van der Waals surface area contributed by atoms with E-state index in [1.807, 2.05) is 6.07 Å². The number of nitriles is 1. The highest BCUT2D eigenvalue weighted by Crippen LogP contribution is 2.48. The van der Waals surface area contributed by atoms with Gasteiger partial charge in [-0.3, -0.25) is 0 Å². The van der Waals surface area contributed by atoms with Crippen molar-refractivity contribution in [2.45, 2.75) is 36.8 Å². The van der Waals surface area contributed by atoms with Gasteiger partial charge in [-0.05, 0) is 0 Å². The fourth-order valence-electron chi connectivity index (χ4n) is 1.75. The maximum absolute atomic E-state index is 12.3. The number of ether oxygens (including phenoxy) is 2. The van der Waals surface area contributed by atoms with Crippen LogP contribution in [0.4, 0.5) is 13.2 Å². The van der Waals surface area contributed by atoms with Gasteiger partial charge in [-0.1, -0.05) is 0 Å². The Bertz CT molecular complexity index is 285. The van der Waals surface area contributed by atoms with Crippen LogP contribution in [0.3, 0.4) is 0 Å². The van der Waals surface area contributed by atoms with Crippen LogP contribution in [-0.2, 0) is 9.47 Å². The molecule has 3 unspecified atom stereocenters. The SMILES string of the molecule is N#CC1OC12CCOC(C(F)(F)F)C2. The summed E-state index contributed by atoms with van der Waals surface area (Å²) in [7, 11) is 0. The molecule has 2 heterocycles. The molecule has 1 spiro atoms. The maximum atomic E-state index is 12.3. The summed E-state index contributed by atoms with van der Waals surface area (Å²) in [5, 5.41) is 8.52. The summed E-state index contributed by atoms with van der Waals surface area (Å²) >= 11 is 0. The molecule has 14 heavy (non-hydrogen) atoms. The molecular formula is C8H8F3NO2. The number of alkyl halides is 3. The lowest BCUT2D eigenvalue weighted by Crippen LogP contribution is -2.42. The standard InChI is InChI=1S/C8H8F3NO2/c9-8(10,11)5-3-7(1-2-13-5)6(4-12)14-7/h5-6H,1-3H2. The van der Waals surface area contributed by atoms with Crippen molar-refractivity contribution in [2.24, 2.45) is 0 Å². The summed E-state index contributed by atoms with van der Waals surface area (Å²) < 4.78 is 46.4. The fraction of sp³-hybridized carbons (Fsp3) is 0.875. The van der Waals surface area contributed by atoms with E-state index >= 15 is 0 Å². The Morgan fingerprint density at radius 3 is 2.64 bits per heavy atom. The summed E-state index contributed by atoms with van der Waals surface area (Å²) in [5.74, 6) is 0. The van der Waals surface area contributed by atoms with Crippen molar-refractivity contribution in [3.05, 3.63) is 0 Å². The summed E-state index contributed by atoms with van der Waals surface area (Å²) in [6.07, 6.45) is -6.71. The fourth-order valence-corrected chi connectivity index (χ4v) is 1.75. The lowest BCUT2D eigenvalue weighted by Gasteiger charge is -2.28. The van der Waals surface area contributed by atoms with E-state index in [9.17, 15) is 13.2 Å². The molecule has 0 aliphatic carbocycles. The Balaban J connectivity index is 2.04. The quantitative estimate of drug-likeness (QED) is 0.564. The molecule has 0 aromatic heterocycles. The van der Waals surface area contributed by atoms with E-state index in [4.69, 9.17) is 10.00 Å². The minimum atomic E-state index is -4.36. The number of rotatable bonds is 0. The van der Waals surface area contributed by atoms with Crippen molar-refractivity contribution >= 4 is 0 Å². The van der Waals surface area contributed by atoms with Crippen LogP contribution in [0.2, 0.25) is 0 Å². The smallest absolute Gasteiger partial charge is 0.369 e. The van der Waals surface area contributed by atoms with E-state index in [1.54, 1.807) is 0 Å². The third kappa shape index (κ3) is 1.47. The van der Waals surface area contributed by atoms with Gasteiger partial charge in [-0.2, -0.15) is 18.4 Å². The summed E-state index contributed by atoms with van der Waals surface area (Å²) in [6, 6.07) is 1.83. The van der Waals surface area contributed by atoms with Crippen LogP contribution in [0.1, 0.15) is 12.8 Å². The molecule has 2 aliphatic heterocycles. The lowest BCUT2D eigenvalue weighted by molar-refractivity contribution is -0.236. The normalized spacial score (nSPS) is 42.1. The Morgan fingerprint density at radius 2 is 2.14 bits per heavy atom. The van der Waals surface area contributed by atoms with Crippen molar-refractivity contribution in [3.8, 4) is 6.07 Å². The van der Waals surface area contributed by atoms with Gasteiger partial charge in [0.1, 0.15) is 5.60 Å². The maximum Gasteiger partial charge on any atom is 0.414 e. The Kier molecular flexibility index (Phi) is 1.98. The monoisotopic (exact) mass is 207 g/mol. The van der Waals surface area contributed by atoms with Crippen molar-refractivity contribution < 1.29 is 22.6 Å². The third-order valence-electron chi connectivity index (χ3n) is 2.63. The first kappa shape index (κ1) is 9.74. The van der Waals surface area contributed by atoms with Crippen LogP contribution in [0.25, 0.3) is 0 Å². The molecule has 2 fully saturated rings. The predicted molar refractivity (Wildman–Crippen MR) is 38.2 cm³/mol. The second-order valence-corrected chi connectivity index (χ2v) is 3.55. The van der Waals surface area contributed by atoms with Crippen LogP contribution < -0.4 is 0 Å². The number of epoxide rings is 1. The number of hydrogen-bond donors (Lipinski definition) is 0. The molecule has 6 heteroatoms. The second-order valence-electron chi connectivity index (χ2n) is 3.55. The molecule has 0 bridgehead atoms. The molecule has 2 rings (SSSR count). The highest BCUT2D eigenvalue weighted by atomic mass is 19.4. The largest absolute Gasteiger partial charge is 0.414 e. The van der Waals surface area contributed by atoms with Gasteiger partial charge in [0.05, 0.1) is 12.7 Å². The first-order valence-electron chi connectivity index (χ1n) is 4.24. The number of halogens is 3. The minimum Gasteiger partial charge on any atom is -0.369 e. The zero-order valence-electron chi connectivity index (χ0n) is 7.17. The van der Waals surface area contributed by atoms with E-state index in [-0.39, 0.29) is 13.0 Å². The van der Waals surface area contributed by atoms with Crippen LogP contribution in [0.15, 0.2) is 0 Å². The van der Waals surface area contributed by atoms with E-state index in [1.165, 1.54) is 0 Å². The topological polar surface area (TPSA) is 45.5 Å². The van der Waals surface area contributed by atoms with E-state index in [0.717, 1.165) is 0 Å². The Labute approximate surface area is 78.4 Å². The van der Waals surface area contributed by atoms with Gasteiger partial charge in [0.25, 0.3) is 0 Å². The Hall–Kier alpha value is -0.800. The average molecular weight is 207 g/mol. The highest BCUT2D eigenvalue weighted by molar-refractivity contribution is 5.16. The van der Waals surface area contributed by atoms with Crippen molar-refractivity contribution in [1.82, 2.24) is 0 Å². The van der Waals surface area contributed by atoms with Crippen molar-refractivity contribution in [3.63, 3.8) is 0 Å². The van der Waals surface area contributed by atoms with Crippen LogP contribution in [-0.4, -0.2) is 30.6 Å². The number of hydrogen-bond acceptors (Lipinski definition) is 3. The van der Waals surface area contributed by atoms with Crippen molar-refractivity contribution in [1.29, 1.82) is 5.26 Å². The molecule has 0 amide bonds. The summed E-state index contributed by atoms with van der Waals surface area (Å²) in [4.78, 5) is 0. The number of nitrogens with zero attached hydrogens (tertiary/aromatic N) is 1. The van der Waals surface area contributed by atoms with E-state index in [2.05, 4.69) is 4.74 Å². The molecule has 3 atom stereocenters. The van der Waals surface area contributed by atoms with E-state index < -0.39 is 24.0 Å². The molecule has 0 radical (unpaired) electrons. The van der Waals surface area contributed by atoms with Crippen molar-refractivity contribution in [2.75, 3.05) is 6.61 Å². The van der Waals surface area contributed by atoms with Gasteiger partial charge in [0.15, 0.2) is 12.2 Å². The van der Waals surface area contributed by atoms with Crippen LogP contribution in [0.5, 0.6) is 0 Å². The molecule has 0 saturated carbocycles. The Morgan fingerprint density at radius 1 is 1.43 bits per heavy atom. The van der Waals surface area contributed by atoms with Gasteiger partial charge >= 0.3 is 6.18 Å². The average Bonchev–Trinajstić information content (AvgIpc) is 2.77. The molecule has 2 aliphatic rings. The summed E-state index contributed by atoms with van der Waals surface area (Å²) in [5.41, 5.74) is -0.882. The molecular weight excluding hydrogens is 199 g/mol.